The van der Waals surface area contributed by atoms with E-state index in [1.54, 1.807) is 12.3 Å². The van der Waals surface area contributed by atoms with Crippen LogP contribution in [-0.2, 0) is 5.41 Å². The Morgan fingerprint density at radius 1 is 1.44 bits per heavy atom. The molecule has 0 aliphatic heterocycles. The molecule has 1 N–H and O–H groups in total. The second kappa shape index (κ2) is 3.49. The van der Waals surface area contributed by atoms with E-state index in [2.05, 4.69) is 15.1 Å². The summed E-state index contributed by atoms with van der Waals surface area (Å²) in [4.78, 5) is 7.11. The highest BCUT2D eigenvalue weighted by atomic mass is 16.5. The maximum atomic E-state index is 8.68. The van der Waals surface area contributed by atoms with Gasteiger partial charge in [-0.1, -0.05) is 25.9 Å². The van der Waals surface area contributed by atoms with E-state index in [0.717, 1.165) is 5.56 Å². The van der Waals surface area contributed by atoms with Gasteiger partial charge in [-0.3, -0.25) is 0 Å². The van der Waals surface area contributed by atoms with Crippen molar-refractivity contribution in [2.45, 2.75) is 26.2 Å². The summed E-state index contributed by atoms with van der Waals surface area (Å²) >= 11 is 0. The highest BCUT2D eigenvalue weighted by Crippen LogP contribution is 2.23. The molecule has 0 saturated carbocycles. The van der Waals surface area contributed by atoms with Gasteiger partial charge >= 0.3 is 0 Å². The zero-order chi connectivity index (χ0) is 11.8. The predicted molar refractivity (Wildman–Crippen MR) is 57.5 cm³/mol. The Bertz CT molecular complexity index is 539. The summed E-state index contributed by atoms with van der Waals surface area (Å²) in [7, 11) is 0. The van der Waals surface area contributed by atoms with Crippen molar-refractivity contribution in [2.24, 2.45) is 0 Å². The molecule has 2 aromatic rings. The van der Waals surface area contributed by atoms with E-state index in [1.807, 2.05) is 26.8 Å². The molecule has 0 aliphatic rings. The van der Waals surface area contributed by atoms with Crippen LogP contribution in [0.15, 0.2) is 16.8 Å². The Labute approximate surface area is 93.1 Å². The third-order valence-corrected chi connectivity index (χ3v) is 2.15. The largest absolute Gasteiger partial charge is 0.352 e. The molecule has 0 saturated heterocycles. The molecule has 2 rings (SSSR count). The van der Waals surface area contributed by atoms with Gasteiger partial charge in [0, 0.05) is 11.6 Å². The average molecular weight is 216 g/mol. The van der Waals surface area contributed by atoms with E-state index < -0.39 is 0 Å². The summed E-state index contributed by atoms with van der Waals surface area (Å²) in [5.41, 5.74) is 1.07. The molecule has 0 spiro atoms. The second-order valence-corrected chi connectivity index (χ2v) is 4.59. The van der Waals surface area contributed by atoms with E-state index in [9.17, 15) is 0 Å². The predicted octanol–water partition coefficient (Wildman–Crippen LogP) is 2.23. The van der Waals surface area contributed by atoms with E-state index in [-0.39, 0.29) is 5.41 Å². The summed E-state index contributed by atoms with van der Waals surface area (Å²) in [6.45, 7) is 6.04. The van der Waals surface area contributed by atoms with Crippen molar-refractivity contribution in [3.8, 4) is 17.5 Å². The molecule has 0 aliphatic carbocycles. The zero-order valence-electron chi connectivity index (χ0n) is 9.40. The van der Waals surface area contributed by atoms with Gasteiger partial charge in [0.1, 0.15) is 11.8 Å². The van der Waals surface area contributed by atoms with Crippen LogP contribution < -0.4 is 0 Å². The Balaban J connectivity index is 2.36. The van der Waals surface area contributed by atoms with Crippen LogP contribution in [0.25, 0.3) is 11.5 Å². The lowest BCUT2D eigenvalue weighted by Gasteiger charge is -2.10. The Hall–Kier alpha value is -2.09. The van der Waals surface area contributed by atoms with Crippen LogP contribution in [0.4, 0.5) is 0 Å². The van der Waals surface area contributed by atoms with Crippen LogP contribution in [0, 0.1) is 11.3 Å². The SMILES string of the molecule is CC(C)(C)c1noc(-c2c[nH]c(C#N)c2)n1. The van der Waals surface area contributed by atoms with Gasteiger partial charge in [-0.2, -0.15) is 10.2 Å². The summed E-state index contributed by atoms with van der Waals surface area (Å²) in [6.07, 6.45) is 1.68. The lowest BCUT2D eigenvalue weighted by molar-refractivity contribution is 0.402. The fraction of sp³-hybridized carbons (Fsp3) is 0.364. The molecule has 0 radical (unpaired) electrons. The monoisotopic (exact) mass is 216 g/mol. The topological polar surface area (TPSA) is 78.5 Å². The highest BCUT2D eigenvalue weighted by molar-refractivity contribution is 5.54. The summed E-state index contributed by atoms with van der Waals surface area (Å²) in [5, 5.41) is 12.6. The van der Waals surface area contributed by atoms with Crippen molar-refractivity contribution in [1.82, 2.24) is 15.1 Å². The molecule has 5 heteroatoms. The standard InChI is InChI=1S/C11H12N4O/c1-11(2,3)10-14-9(16-15-10)7-4-8(5-12)13-6-7/h4,6,13H,1-3H3. The number of aromatic nitrogens is 3. The minimum atomic E-state index is -0.143. The fourth-order valence-electron chi connectivity index (χ4n) is 1.23. The van der Waals surface area contributed by atoms with Crippen LogP contribution in [0.1, 0.15) is 32.3 Å². The van der Waals surface area contributed by atoms with Gasteiger partial charge in [0.15, 0.2) is 5.82 Å². The molecule has 2 heterocycles. The zero-order valence-corrected chi connectivity index (χ0v) is 9.40. The number of rotatable bonds is 1. The molecule has 2 aromatic heterocycles. The highest BCUT2D eigenvalue weighted by Gasteiger charge is 2.21. The number of hydrogen-bond donors (Lipinski definition) is 1. The Kier molecular flexibility index (Phi) is 2.27. The molecule has 0 amide bonds. The number of nitriles is 1. The number of aromatic amines is 1. The minimum Gasteiger partial charge on any atom is -0.352 e. The first-order valence-electron chi connectivity index (χ1n) is 4.94. The van der Waals surface area contributed by atoms with E-state index in [0.29, 0.717) is 17.4 Å². The number of hydrogen-bond acceptors (Lipinski definition) is 4. The third-order valence-electron chi connectivity index (χ3n) is 2.15. The Morgan fingerprint density at radius 2 is 2.19 bits per heavy atom. The van der Waals surface area contributed by atoms with E-state index >= 15 is 0 Å². The van der Waals surface area contributed by atoms with Crippen molar-refractivity contribution >= 4 is 0 Å². The molecule has 0 atom stereocenters. The third kappa shape index (κ3) is 1.82. The van der Waals surface area contributed by atoms with Crippen molar-refractivity contribution in [2.75, 3.05) is 0 Å². The fourth-order valence-corrected chi connectivity index (χ4v) is 1.23. The first-order valence-corrected chi connectivity index (χ1v) is 4.94. The average Bonchev–Trinajstić information content (AvgIpc) is 2.85. The van der Waals surface area contributed by atoms with Gasteiger partial charge in [-0.05, 0) is 6.07 Å². The molecule has 0 fully saturated rings. The molecule has 5 nitrogen and oxygen atoms in total. The van der Waals surface area contributed by atoms with E-state index in [1.165, 1.54) is 0 Å². The molecule has 0 bridgehead atoms. The molecule has 16 heavy (non-hydrogen) atoms. The smallest absolute Gasteiger partial charge is 0.259 e. The lowest BCUT2D eigenvalue weighted by Crippen LogP contribution is -2.13. The molecular weight excluding hydrogens is 204 g/mol. The molecule has 0 aromatic carbocycles. The normalized spacial score (nSPS) is 11.4. The number of nitrogens with zero attached hydrogens (tertiary/aromatic N) is 3. The second-order valence-electron chi connectivity index (χ2n) is 4.59. The van der Waals surface area contributed by atoms with Gasteiger partial charge in [0.05, 0.1) is 5.56 Å². The maximum absolute atomic E-state index is 8.68. The Morgan fingerprint density at radius 3 is 2.69 bits per heavy atom. The first kappa shape index (κ1) is 10.4. The quantitative estimate of drug-likeness (QED) is 0.792. The van der Waals surface area contributed by atoms with Gasteiger partial charge in [0.25, 0.3) is 5.89 Å². The van der Waals surface area contributed by atoms with Gasteiger partial charge in [-0.25, -0.2) is 0 Å². The van der Waals surface area contributed by atoms with Gasteiger partial charge in [0.2, 0.25) is 0 Å². The van der Waals surface area contributed by atoms with E-state index in [4.69, 9.17) is 9.78 Å². The van der Waals surface area contributed by atoms with Gasteiger partial charge < -0.3 is 9.51 Å². The van der Waals surface area contributed by atoms with Crippen LogP contribution in [-0.4, -0.2) is 15.1 Å². The maximum Gasteiger partial charge on any atom is 0.259 e. The summed E-state index contributed by atoms with van der Waals surface area (Å²) in [6, 6.07) is 3.69. The molecule has 82 valence electrons. The molecule has 0 unspecified atom stereocenters. The summed E-state index contributed by atoms with van der Waals surface area (Å²) in [5.74, 6) is 1.09. The van der Waals surface area contributed by atoms with Crippen molar-refractivity contribution in [3.05, 3.63) is 23.8 Å². The lowest BCUT2D eigenvalue weighted by atomic mass is 9.96. The summed E-state index contributed by atoms with van der Waals surface area (Å²) < 4.78 is 5.14. The van der Waals surface area contributed by atoms with Crippen molar-refractivity contribution in [1.29, 1.82) is 5.26 Å². The number of nitrogens with one attached hydrogen (secondary N) is 1. The minimum absolute atomic E-state index is 0.143. The van der Waals surface area contributed by atoms with Crippen molar-refractivity contribution in [3.63, 3.8) is 0 Å². The van der Waals surface area contributed by atoms with Crippen molar-refractivity contribution < 1.29 is 4.52 Å². The molecular formula is C11H12N4O. The number of H-pyrrole nitrogens is 1. The van der Waals surface area contributed by atoms with Crippen LogP contribution in [0.5, 0.6) is 0 Å². The van der Waals surface area contributed by atoms with Crippen LogP contribution >= 0.6 is 0 Å². The van der Waals surface area contributed by atoms with Crippen LogP contribution in [0.3, 0.4) is 0 Å². The first-order chi connectivity index (χ1) is 7.50. The van der Waals surface area contributed by atoms with Crippen LogP contribution in [0.2, 0.25) is 0 Å². The van der Waals surface area contributed by atoms with Gasteiger partial charge in [-0.15, -0.1) is 0 Å².